The predicted molar refractivity (Wildman–Crippen MR) is 95.8 cm³/mol. The van der Waals surface area contributed by atoms with Crippen molar-refractivity contribution in [3.63, 3.8) is 0 Å². The summed E-state index contributed by atoms with van der Waals surface area (Å²) in [4.78, 5) is 11.9. The van der Waals surface area contributed by atoms with Crippen molar-refractivity contribution in [1.29, 1.82) is 0 Å². The van der Waals surface area contributed by atoms with Gasteiger partial charge in [0.05, 0.1) is 17.0 Å². The van der Waals surface area contributed by atoms with Crippen molar-refractivity contribution < 1.29 is 18.0 Å². The maximum absolute atomic E-state index is 13.0. The Morgan fingerprint density at radius 1 is 1.23 bits per heavy atom. The molecule has 1 aliphatic carbocycles. The molecule has 26 heavy (non-hydrogen) atoms. The van der Waals surface area contributed by atoms with Crippen LogP contribution in [-0.4, -0.2) is 27.9 Å². The van der Waals surface area contributed by atoms with Crippen LogP contribution in [0.15, 0.2) is 28.6 Å². The van der Waals surface area contributed by atoms with Gasteiger partial charge in [-0.15, -0.1) is 10.2 Å². The van der Waals surface area contributed by atoms with Gasteiger partial charge >= 0.3 is 6.18 Å². The normalized spacial score (nSPS) is 15.2. The van der Waals surface area contributed by atoms with Gasteiger partial charge in [-0.3, -0.25) is 4.79 Å². The summed E-state index contributed by atoms with van der Waals surface area (Å²) in [6, 6.07) is 5.45. The molecule has 0 unspecified atom stereocenters. The highest BCUT2D eigenvalue weighted by molar-refractivity contribution is 8.01. The van der Waals surface area contributed by atoms with Crippen LogP contribution in [0.1, 0.15) is 31.2 Å². The van der Waals surface area contributed by atoms with Crippen molar-refractivity contribution in [2.75, 3.05) is 11.1 Å². The van der Waals surface area contributed by atoms with E-state index in [1.54, 1.807) is 0 Å². The highest BCUT2D eigenvalue weighted by atomic mass is 32.2. The Balaban J connectivity index is 1.56. The molecule has 1 amide bonds. The van der Waals surface area contributed by atoms with Crippen LogP contribution in [0, 0.1) is 0 Å². The molecule has 3 rings (SSSR count). The molecule has 0 radical (unpaired) electrons. The van der Waals surface area contributed by atoms with Gasteiger partial charge in [-0.2, -0.15) is 13.2 Å². The van der Waals surface area contributed by atoms with E-state index in [2.05, 4.69) is 20.8 Å². The van der Waals surface area contributed by atoms with E-state index in [0.29, 0.717) is 4.34 Å². The smallest absolute Gasteiger partial charge is 0.353 e. The third-order valence-electron chi connectivity index (χ3n) is 3.93. The van der Waals surface area contributed by atoms with Crippen molar-refractivity contribution in [1.82, 2.24) is 15.5 Å². The molecule has 1 aromatic heterocycles. The summed E-state index contributed by atoms with van der Waals surface area (Å²) in [6.07, 6.45) is -0.139. The quantitative estimate of drug-likeness (QED) is 0.699. The largest absolute Gasteiger partial charge is 0.418 e. The number of carbonyl (C=O) groups excluding carboxylic acids is 1. The Hall–Kier alpha value is -1.81. The summed E-state index contributed by atoms with van der Waals surface area (Å²) in [5, 5.41) is 13.7. The Morgan fingerprint density at radius 3 is 2.69 bits per heavy atom. The number of rotatable bonds is 6. The van der Waals surface area contributed by atoms with Gasteiger partial charge in [0.15, 0.2) is 4.34 Å². The molecule has 10 heteroatoms. The molecule has 2 N–H and O–H groups in total. The summed E-state index contributed by atoms with van der Waals surface area (Å²) >= 11 is 2.34. The third kappa shape index (κ3) is 5.10. The van der Waals surface area contributed by atoms with E-state index in [1.165, 1.54) is 30.0 Å². The van der Waals surface area contributed by atoms with Gasteiger partial charge < -0.3 is 10.6 Å². The van der Waals surface area contributed by atoms with Crippen LogP contribution in [0.5, 0.6) is 0 Å². The van der Waals surface area contributed by atoms with E-state index in [9.17, 15) is 18.0 Å². The number of benzene rings is 1. The van der Waals surface area contributed by atoms with Crippen molar-refractivity contribution in [2.45, 2.75) is 42.2 Å². The van der Waals surface area contributed by atoms with Crippen molar-refractivity contribution in [2.24, 2.45) is 0 Å². The lowest BCUT2D eigenvalue weighted by molar-refractivity contribution is -0.137. The van der Waals surface area contributed by atoms with Crippen molar-refractivity contribution in [3.8, 4) is 0 Å². The second-order valence-corrected chi connectivity index (χ2v) is 8.08. The second-order valence-electron chi connectivity index (χ2n) is 5.88. The molecule has 1 heterocycles. The first kappa shape index (κ1) is 19.0. The molecule has 1 aromatic carbocycles. The van der Waals surface area contributed by atoms with Crippen molar-refractivity contribution in [3.05, 3.63) is 29.8 Å². The lowest BCUT2D eigenvalue weighted by atomic mass is 10.2. The average molecular weight is 402 g/mol. The Bertz CT molecular complexity index is 760. The number of hydrogen-bond donors (Lipinski definition) is 2. The molecule has 0 aliphatic heterocycles. The molecule has 1 saturated carbocycles. The number of carbonyl (C=O) groups is 1. The number of anilines is 2. The first-order valence-electron chi connectivity index (χ1n) is 8.11. The highest BCUT2D eigenvalue weighted by Crippen LogP contribution is 2.36. The fourth-order valence-corrected chi connectivity index (χ4v) is 4.32. The first-order valence-corrected chi connectivity index (χ1v) is 9.91. The molecule has 1 aliphatic rings. The summed E-state index contributed by atoms with van der Waals surface area (Å²) in [5.74, 6) is 0.151. The molecule has 0 spiro atoms. The topological polar surface area (TPSA) is 66.9 Å². The SMILES string of the molecule is O=C(CSc1nnc(Nc2ccccc2C(F)(F)F)s1)NC1CCCC1. The van der Waals surface area contributed by atoms with Gasteiger partial charge in [0.25, 0.3) is 0 Å². The number of alkyl halides is 3. The Morgan fingerprint density at radius 2 is 1.96 bits per heavy atom. The summed E-state index contributed by atoms with van der Waals surface area (Å²) in [5.41, 5.74) is -0.841. The number of nitrogens with one attached hydrogen (secondary N) is 2. The molecule has 5 nitrogen and oxygen atoms in total. The molecule has 0 bridgehead atoms. The second kappa shape index (κ2) is 8.26. The zero-order chi connectivity index (χ0) is 18.6. The van der Waals surface area contributed by atoms with Crippen LogP contribution < -0.4 is 10.6 Å². The Kier molecular flexibility index (Phi) is 6.02. The number of nitrogens with zero attached hydrogens (tertiary/aromatic N) is 2. The predicted octanol–water partition coefficient (Wildman–Crippen LogP) is 4.45. The average Bonchev–Trinajstić information content (AvgIpc) is 3.24. The van der Waals surface area contributed by atoms with E-state index < -0.39 is 11.7 Å². The third-order valence-corrected chi connectivity index (χ3v) is 5.90. The minimum atomic E-state index is -4.45. The minimum Gasteiger partial charge on any atom is -0.353 e. The van der Waals surface area contributed by atoms with E-state index >= 15 is 0 Å². The number of aromatic nitrogens is 2. The standard InChI is InChI=1S/C16H17F3N4OS2/c17-16(18,19)11-7-3-4-8-12(11)21-14-22-23-15(26-14)25-9-13(24)20-10-5-1-2-6-10/h3-4,7-8,10H,1-2,5-6,9H2,(H,20,24)(H,21,22). The zero-order valence-corrected chi connectivity index (χ0v) is 15.3. The summed E-state index contributed by atoms with van der Waals surface area (Å²) in [6.45, 7) is 0. The molecular weight excluding hydrogens is 385 g/mol. The zero-order valence-electron chi connectivity index (χ0n) is 13.7. The van der Waals surface area contributed by atoms with E-state index in [-0.39, 0.29) is 28.5 Å². The monoisotopic (exact) mass is 402 g/mol. The van der Waals surface area contributed by atoms with Crippen LogP contribution in [0.25, 0.3) is 0 Å². The minimum absolute atomic E-state index is 0.0611. The van der Waals surface area contributed by atoms with Gasteiger partial charge in [0.2, 0.25) is 11.0 Å². The van der Waals surface area contributed by atoms with Gasteiger partial charge in [-0.1, -0.05) is 48.1 Å². The number of thioether (sulfide) groups is 1. The maximum Gasteiger partial charge on any atom is 0.418 e. The summed E-state index contributed by atoms with van der Waals surface area (Å²) in [7, 11) is 0. The molecule has 0 saturated heterocycles. The van der Waals surface area contributed by atoms with Crippen LogP contribution in [0.3, 0.4) is 0 Å². The van der Waals surface area contributed by atoms with Gasteiger partial charge in [0, 0.05) is 6.04 Å². The fourth-order valence-electron chi connectivity index (χ4n) is 2.74. The number of hydrogen-bond acceptors (Lipinski definition) is 6. The van der Waals surface area contributed by atoms with Crippen LogP contribution in [-0.2, 0) is 11.0 Å². The van der Waals surface area contributed by atoms with Crippen LogP contribution in [0.2, 0.25) is 0 Å². The van der Waals surface area contributed by atoms with Crippen LogP contribution in [0.4, 0.5) is 24.0 Å². The number of amides is 1. The highest BCUT2D eigenvalue weighted by Gasteiger charge is 2.33. The molecule has 2 aromatic rings. The Labute approximate surface area is 156 Å². The molecule has 1 fully saturated rings. The van der Waals surface area contributed by atoms with Gasteiger partial charge in [0.1, 0.15) is 0 Å². The van der Waals surface area contributed by atoms with E-state index in [1.807, 2.05) is 0 Å². The van der Waals surface area contributed by atoms with Gasteiger partial charge in [-0.25, -0.2) is 0 Å². The lowest BCUT2D eigenvalue weighted by Crippen LogP contribution is -2.33. The van der Waals surface area contributed by atoms with Crippen molar-refractivity contribution >= 4 is 39.8 Å². The summed E-state index contributed by atoms with van der Waals surface area (Å²) < 4.78 is 39.6. The fraction of sp³-hybridized carbons (Fsp3) is 0.438. The van der Waals surface area contributed by atoms with E-state index in [4.69, 9.17) is 0 Å². The van der Waals surface area contributed by atoms with E-state index in [0.717, 1.165) is 43.1 Å². The van der Waals surface area contributed by atoms with Crippen LogP contribution >= 0.6 is 23.1 Å². The number of para-hydroxylation sites is 1. The molecule has 0 atom stereocenters. The maximum atomic E-state index is 13.0. The first-order chi connectivity index (χ1) is 12.4. The molecule has 140 valence electrons. The lowest BCUT2D eigenvalue weighted by Gasteiger charge is -2.12. The number of halogens is 3. The molecular formula is C16H17F3N4OS2. The van der Waals surface area contributed by atoms with Gasteiger partial charge in [-0.05, 0) is 25.0 Å².